The summed E-state index contributed by atoms with van der Waals surface area (Å²) >= 11 is 0. The molecule has 0 aliphatic carbocycles. The number of carboxylic acid groups (broad SMARTS) is 1. The summed E-state index contributed by atoms with van der Waals surface area (Å²) in [4.78, 5) is 33.9. The van der Waals surface area contributed by atoms with Gasteiger partial charge in [0.2, 0.25) is 6.41 Å². The van der Waals surface area contributed by atoms with E-state index in [1.165, 1.54) is 4.90 Å². The molecule has 4 rings (SSSR count). The van der Waals surface area contributed by atoms with Crippen molar-refractivity contribution >= 4 is 46.7 Å². The molecule has 0 spiro atoms. The molecule has 0 fully saturated rings. The number of nitrogens with one attached hydrogen (secondary N) is 1. The molecule has 0 radical (unpaired) electrons. The van der Waals surface area contributed by atoms with Crippen LogP contribution < -0.4 is 25.0 Å². The molecule has 0 bridgehead atoms. The third-order valence-corrected chi connectivity index (χ3v) is 5.87. The van der Waals surface area contributed by atoms with E-state index in [4.69, 9.17) is 35.0 Å². The van der Waals surface area contributed by atoms with Crippen LogP contribution >= 0.6 is 0 Å². The molecule has 3 aromatic heterocycles. The number of hydrogen-bond donors (Lipinski definition) is 3. The number of methoxy groups -OCH3 is 1. The number of nitrogen functional groups attached to an aromatic ring is 1. The number of aryl methyl sites for hydroxylation is 1. The number of carbonyl (C=O) groups excluding carboxylic acids is 2. The van der Waals surface area contributed by atoms with Crippen molar-refractivity contribution < 1.29 is 38.6 Å². The predicted octanol–water partition coefficient (Wildman–Crippen LogP) is -0.635. The van der Waals surface area contributed by atoms with Crippen molar-refractivity contribution in [2.75, 3.05) is 50.8 Å². The van der Waals surface area contributed by atoms with E-state index in [0.717, 1.165) is 29.0 Å². The number of fused-ring (bicyclic) bond motifs is 2. The fourth-order valence-corrected chi connectivity index (χ4v) is 4.21. The molecule has 0 aliphatic rings. The van der Waals surface area contributed by atoms with Crippen LogP contribution in [0.1, 0.15) is 12.7 Å². The van der Waals surface area contributed by atoms with Crippen molar-refractivity contribution in [3.8, 4) is 5.75 Å². The second-order valence-electron chi connectivity index (χ2n) is 8.09. The lowest BCUT2D eigenvalue weighted by Gasteiger charge is -2.17. The molecule has 0 saturated carbocycles. The maximum atomic E-state index is 12.2. The van der Waals surface area contributed by atoms with E-state index in [2.05, 4.69) is 24.1 Å². The quantitative estimate of drug-likeness (QED) is 0.105. The van der Waals surface area contributed by atoms with E-state index in [0.29, 0.717) is 49.9 Å². The fraction of sp³-hybridized carbons (Fsp3) is 0.400. The van der Waals surface area contributed by atoms with Crippen LogP contribution in [-0.4, -0.2) is 77.7 Å². The van der Waals surface area contributed by atoms with Gasteiger partial charge in [-0.25, -0.2) is 19.1 Å². The minimum atomic E-state index is -0.500. The molecule has 0 unspecified atom stereocenters. The molecule has 3 heterocycles. The van der Waals surface area contributed by atoms with Crippen LogP contribution in [0, 0.1) is 0 Å². The predicted molar refractivity (Wildman–Crippen MR) is 140 cm³/mol. The van der Waals surface area contributed by atoms with E-state index < -0.39 is 6.47 Å². The Bertz CT molecular complexity index is 1370. The number of aromatic amines is 1. The Morgan fingerprint density at radius 1 is 1.18 bits per heavy atom. The lowest BCUT2D eigenvalue weighted by Crippen LogP contribution is -2.43. The number of nitrogens with zero attached hydrogens (tertiary/aromatic N) is 5. The van der Waals surface area contributed by atoms with Crippen molar-refractivity contribution in [3.63, 3.8) is 0 Å². The van der Waals surface area contributed by atoms with Crippen LogP contribution in [-0.2, 0) is 38.7 Å². The van der Waals surface area contributed by atoms with Gasteiger partial charge >= 0.3 is 0 Å². The normalized spacial score (nSPS) is 10.8. The van der Waals surface area contributed by atoms with Crippen LogP contribution in [0.3, 0.4) is 0 Å². The highest BCUT2D eigenvalue weighted by atomic mass is 16.5. The number of carbonyl (C=O) groups is 2. The largest absolute Gasteiger partial charge is 0.554 e. The monoisotopic (exact) mass is 543 g/mol. The lowest BCUT2D eigenvalue weighted by molar-refractivity contribution is -0.681. The number of H-pyrrole nitrogens is 1. The first-order valence-electron chi connectivity index (χ1n) is 12.3. The molecule has 0 atom stereocenters. The maximum absolute atomic E-state index is 12.2. The van der Waals surface area contributed by atoms with Gasteiger partial charge in [-0.3, -0.25) is 9.69 Å². The highest BCUT2D eigenvalue weighted by Gasteiger charge is 2.28. The Balaban J connectivity index is 0.00000134. The summed E-state index contributed by atoms with van der Waals surface area (Å²) in [6.45, 7) is 4.53. The van der Waals surface area contributed by atoms with E-state index in [1.807, 2.05) is 25.1 Å². The third-order valence-electron chi connectivity index (χ3n) is 5.87. The SMILES string of the molecule is CCn1c(CN(C=O)c2nc3cc[nH]c3nc2N)[n+](CCOCCOCCO)c2ccc(OC)cc21.O=C[O-]. The van der Waals surface area contributed by atoms with Gasteiger partial charge in [0.15, 0.2) is 28.3 Å². The average molecular weight is 544 g/mol. The van der Waals surface area contributed by atoms with Gasteiger partial charge < -0.3 is 39.9 Å². The van der Waals surface area contributed by atoms with Gasteiger partial charge in [0.25, 0.3) is 5.82 Å². The van der Waals surface area contributed by atoms with Gasteiger partial charge in [0.05, 0.1) is 46.7 Å². The van der Waals surface area contributed by atoms with Gasteiger partial charge in [0, 0.05) is 18.7 Å². The summed E-state index contributed by atoms with van der Waals surface area (Å²) in [5.74, 6) is 2.08. The Kier molecular flexibility index (Phi) is 11.0. The van der Waals surface area contributed by atoms with Crippen LogP contribution in [0.15, 0.2) is 30.5 Å². The van der Waals surface area contributed by atoms with Gasteiger partial charge in [-0.1, -0.05) is 0 Å². The summed E-state index contributed by atoms with van der Waals surface area (Å²) in [5, 5.41) is 17.1. The number of benzene rings is 1. The first-order chi connectivity index (χ1) is 19.0. The van der Waals surface area contributed by atoms with Crippen molar-refractivity contribution in [2.45, 2.75) is 26.6 Å². The molecule has 4 N–H and O–H groups in total. The van der Waals surface area contributed by atoms with Crippen molar-refractivity contribution in [1.29, 1.82) is 0 Å². The zero-order valence-corrected chi connectivity index (χ0v) is 21.9. The number of ether oxygens (including phenoxy) is 3. The first-order valence-corrected chi connectivity index (χ1v) is 12.3. The van der Waals surface area contributed by atoms with Crippen molar-refractivity contribution in [2.24, 2.45) is 0 Å². The zero-order chi connectivity index (χ0) is 28.2. The van der Waals surface area contributed by atoms with E-state index in [9.17, 15) is 4.79 Å². The minimum absolute atomic E-state index is 0.0155. The minimum Gasteiger partial charge on any atom is -0.554 e. The molecule has 14 nitrogen and oxygen atoms in total. The first kappa shape index (κ1) is 29.3. The molecular weight excluding hydrogens is 510 g/mol. The van der Waals surface area contributed by atoms with Gasteiger partial charge in [-0.15, -0.1) is 0 Å². The highest BCUT2D eigenvalue weighted by Crippen LogP contribution is 2.25. The molecule has 14 heteroatoms. The number of aliphatic hydroxyl groups is 1. The number of anilines is 2. The van der Waals surface area contributed by atoms with E-state index in [-0.39, 0.29) is 25.6 Å². The molecule has 0 saturated heterocycles. The van der Waals surface area contributed by atoms with Crippen LogP contribution in [0.5, 0.6) is 5.75 Å². The lowest BCUT2D eigenvalue weighted by atomic mass is 10.3. The molecule has 39 heavy (non-hydrogen) atoms. The molecule has 1 aromatic carbocycles. The van der Waals surface area contributed by atoms with Gasteiger partial charge in [-0.05, 0) is 25.1 Å². The Labute approximate surface area is 224 Å². The molecular formula is C25H33N7O7. The number of imidazole rings is 1. The average Bonchev–Trinajstić information content (AvgIpc) is 3.51. The number of nitrogens with two attached hydrogens (primary N) is 1. The number of hydrogen-bond acceptors (Lipinski definition) is 10. The summed E-state index contributed by atoms with van der Waals surface area (Å²) in [6.07, 6.45) is 2.45. The molecule has 210 valence electrons. The standard InChI is InChI=1S/C24H32N7O5.CH2O2/c1-3-30-20-14-17(34-2)4-5-19(20)31(8-10-35-12-13-36-11-9-32)21(30)15-29(16-33)24-22(25)28-23-18(27-24)6-7-26-23;2-1-3/h4-7,14,16,32H,3,8-13,15H2,1-2H3,(H3,25,26,28);1H,(H,2,3)/q+1;/p-1. The molecule has 1 amide bonds. The second-order valence-corrected chi connectivity index (χ2v) is 8.09. The zero-order valence-electron chi connectivity index (χ0n) is 21.9. The van der Waals surface area contributed by atoms with E-state index in [1.54, 1.807) is 19.4 Å². The van der Waals surface area contributed by atoms with Gasteiger partial charge in [0.1, 0.15) is 24.4 Å². The summed E-state index contributed by atoms with van der Waals surface area (Å²) in [7, 11) is 1.63. The molecule has 4 aromatic rings. The van der Waals surface area contributed by atoms with Crippen molar-refractivity contribution in [3.05, 3.63) is 36.3 Å². The fourth-order valence-electron chi connectivity index (χ4n) is 4.21. The smallest absolute Gasteiger partial charge is 0.277 e. The summed E-state index contributed by atoms with van der Waals surface area (Å²) < 4.78 is 20.7. The Morgan fingerprint density at radius 3 is 2.59 bits per heavy atom. The number of amides is 1. The Morgan fingerprint density at radius 2 is 1.92 bits per heavy atom. The maximum Gasteiger partial charge on any atom is 0.277 e. The van der Waals surface area contributed by atoms with Crippen LogP contribution in [0.4, 0.5) is 11.6 Å². The highest BCUT2D eigenvalue weighted by molar-refractivity contribution is 5.84. The summed E-state index contributed by atoms with van der Waals surface area (Å²) in [5.41, 5.74) is 9.32. The third kappa shape index (κ3) is 6.98. The number of rotatable bonds is 14. The van der Waals surface area contributed by atoms with Crippen molar-refractivity contribution in [1.82, 2.24) is 19.5 Å². The Hall–Kier alpha value is -4.27. The second kappa shape index (κ2) is 14.6. The number of aliphatic hydroxyl groups excluding tert-OH is 1. The molecule has 0 aliphatic heterocycles. The van der Waals surface area contributed by atoms with Gasteiger partial charge in [-0.2, -0.15) is 0 Å². The van der Waals surface area contributed by atoms with E-state index >= 15 is 0 Å². The number of aromatic nitrogens is 5. The van der Waals surface area contributed by atoms with Crippen LogP contribution in [0.2, 0.25) is 0 Å². The topological polar surface area (TPSA) is 185 Å². The summed E-state index contributed by atoms with van der Waals surface area (Å²) in [6, 6.07) is 7.67. The van der Waals surface area contributed by atoms with Crippen LogP contribution in [0.25, 0.3) is 22.2 Å².